The minimum atomic E-state index is 0.857. The van der Waals surface area contributed by atoms with Gasteiger partial charge in [0.25, 0.3) is 0 Å². The van der Waals surface area contributed by atoms with Crippen molar-refractivity contribution >= 4 is 29.0 Å². The van der Waals surface area contributed by atoms with Crippen LogP contribution in [-0.4, -0.2) is 6.29 Å². The smallest absolute Gasteiger partial charge is 0.160 e. The molecule has 0 saturated heterocycles. The monoisotopic (exact) mass is 222 g/mol. The summed E-state index contributed by atoms with van der Waals surface area (Å²) >= 11 is 3.31. The molecule has 0 saturated carbocycles. The zero-order valence-corrected chi connectivity index (χ0v) is 9.45. The summed E-state index contributed by atoms with van der Waals surface area (Å²) in [5.41, 5.74) is 1.15. The lowest BCUT2D eigenvalue weighted by Crippen LogP contribution is -1.85. The number of thiophene rings is 2. The number of hydrogen-bond donors (Lipinski definition) is 0. The van der Waals surface area contributed by atoms with Gasteiger partial charge in [0.2, 0.25) is 0 Å². The molecule has 2 heterocycles. The molecule has 0 radical (unpaired) electrons. The summed E-state index contributed by atoms with van der Waals surface area (Å²) in [6.45, 7) is 2.10. The van der Waals surface area contributed by atoms with E-state index in [0.717, 1.165) is 23.1 Å². The van der Waals surface area contributed by atoms with Gasteiger partial charge in [0.05, 0.1) is 4.88 Å². The third-order valence-electron chi connectivity index (χ3n) is 2.05. The summed E-state index contributed by atoms with van der Waals surface area (Å²) in [7, 11) is 0. The molecule has 0 atom stereocenters. The molecular weight excluding hydrogens is 212 g/mol. The molecular formula is C11H10OS2. The van der Waals surface area contributed by atoms with Gasteiger partial charge in [-0.1, -0.05) is 0 Å². The number of aldehydes is 1. The highest BCUT2D eigenvalue weighted by Crippen LogP contribution is 2.22. The van der Waals surface area contributed by atoms with Crippen molar-refractivity contribution in [2.75, 3.05) is 0 Å². The molecule has 0 unspecified atom stereocenters. The van der Waals surface area contributed by atoms with Gasteiger partial charge in [-0.2, -0.15) is 0 Å². The van der Waals surface area contributed by atoms with Gasteiger partial charge in [0, 0.05) is 16.2 Å². The van der Waals surface area contributed by atoms with Crippen molar-refractivity contribution < 1.29 is 4.79 Å². The van der Waals surface area contributed by atoms with E-state index in [2.05, 4.69) is 19.1 Å². The van der Waals surface area contributed by atoms with Crippen molar-refractivity contribution in [2.45, 2.75) is 13.3 Å². The highest BCUT2D eigenvalue weighted by molar-refractivity contribution is 7.12. The van der Waals surface area contributed by atoms with Crippen LogP contribution in [0.5, 0.6) is 0 Å². The average molecular weight is 222 g/mol. The first-order chi connectivity index (χ1) is 6.79. The maximum Gasteiger partial charge on any atom is 0.160 e. The summed E-state index contributed by atoms with van der Waals surface area (Å²) in [5.74, 6) is 0. The van der Waals surface area contributed by atoms with Crippen LogP contribution in [0.1, 0.15) is 25.0 Å². The second-order valence-corrected chi connectivity index (χ2v) is 5.44. The van der Waals surface area contributed by atoms with E-state index >= 15 is 0 Å². The van der Waals surface area contributed by atoms with Crippen molar-refractivity contribution in [2.24, 2.45) is 0 Å². The topological polar surface area (TPSA) is 17.1 Å². The van der Waals surface area contributed by atoms with Crippen molar-refractivity contribution in [1.29, 1.82) is 0 Å². The molecule has 0 spiro atoms. The second-order valence-electron chi connectivity index (χ2n) is 3.12. The Morgan fingerprint density at radius 1 is 1.36 bits per heavy atom. The van der Waals surface area contributed by atoms with Crippen LogP contribution in [0.25, 0.3) is 0 Å². The van der Waals surface area contributed by atoms with E-state index in [1.807, 2.05) is 11.4 Å². The van der Waals surface area contributed by atoms with Gasteiger partial charge < -0.3 is 0 Å². The SMILES string of the molecule is Cc1ccc(Cc2ccsc2C=O)s1. The van der Waals surface area contributed by atoms with Gasteiger partial charge in [-0.15, -0.1) is 22.7 Å². The maximum absolute atomic E-state index is 10.7. The predicted molar refractivity (Wildman–Crippen MR) is 61.6 cm³/mol. The molecule has 3 heteroatoms. The zero-order valence-electron chi connectivity index (χ0n) is 7.82. The van der Waals surface area contributed by atoms with E-state index in [0.29, 0.717) is 0 Å². The third-order valence-corrected chi connectivity index (χ3v) is 3.93. The first kappa shape index (κ1) is 9.62. The van der Waals surface area contributed by atoms with E-state index in [4.69, 9.17) is 0 Å². The van der Waals surface area contributed by atoms with Crippen LogP contribution >= 0.6 is 22.7 Å². The Bertz CT molecular complexity index is 440. The molecule has 2 aromatic rings. The van der Waals surface area contributed by atoms with Gasteiger partial charge in [0.1, 0.15) is 0 Å². The number of carbonyl (C=O) groups is 1. The second kappa shape index (κ2) is 4.07. The van der Waals surface area contributed by atoms with Crippen LogP contribution in [-0.2, 0) is 6.42 Å². The zero-order chi connectivity index (χ0) is 9.97. The van der Waals surface area contributed by atoms with Crippen LogP contribution < -0.4 is 0 Å². The van der Waals surface area contributed by atoms with Crippen LogP contribution in [0.4, 0.5) is 0 Å². The minimum Gasteiger partial charge on any atom is -0.297 e. The Morgan fingerprint density at radius 2 is 2.21 bits per heavy atom. The summed E-state index contributed by atoms with van der Waals surface area (Å²) in [6, 6.07) is 6.28. The van der Waals surface area contributed by atoms with E-state index in [1.54, 1.807) is 11.3 Å². The Balaban J connectivity index is 2.22. The molecule has 14 heavy (non-hydrogen) atoms. The highest BCUT2D eigenvalue weighted by atomic mass is 32.1. The van der Waals surface area contributed by atoms with Crippen molar-refractivity contribution in [3.8, 4) is 0 Å². The molecule has 2 rings (SSSR count). The van der Waals surface area contributed by atoms with Crippen LogP contribution in [0.2, 0.25) is 0 Å². The summed E-state index contributed by atoms with van der Waals surface area (Å²) < 4.78 is 0. The van der Waals surface area contributed by atoms with Gasteiger partial charge in [-0.25, -0.2) is 0 Å². The maximum atomic E-state index is 10.7. The van der Waals surface area contributed by atoms with E-state index in [1.165, 1.54) is 21.1 Å². The standard InChI is InChI=1S/C11H10OS2/c1-8-2-3-10(14-8)6-9-4-5-13-11(9)7-12/h2-5,7H,6H2,1H3. The van der Waals surface area contributed by atoms with Crippen molar-refractivity contribution in [3.05, 3.63) is 43.8 Å². The molecule has 0 fully saturated rings. The lowest BCUT2D eigenvalue weighted by atomic mass is 10.2. The molecule has 0 bridgehead atoms. The van der Waals surface area contributed by atoms with Crippen LogP contribution in [0.3, 0.4) is 0 Å². The van der Waals surface area contributed by atoms with Gasteiger partial charge >= 0.3 is 0 Å². The van der Waals surface area contributed by atoms with Crippen molar-refractivity contribution in [3.63, 3.8) is 0 Å². The third kappa shape index (κ3) is 1.94. The number of carbonyl (C=O) groups excluding carboxylic acids is 1. The molecule has 0 aliphatic carbocycles. The Hall–Kier alpha value is -0.930. The van der Waals surface area contributed by atoms with E-state index < -0.39 is 0 Å². The van der Waals surface area contributed by atoms with E-state index in [-0.39, 0.29) is 0 Å². The van der Waals surface area contributed by atoms with Gasteiger partial charge in [-0.3, -0.25) is 4.79 Å². The quantitative estimate of drug-likeness (QED) is 0.726. The number of aryl methyl sites for hydroxylation is 1. The van der Waals surface area contributed by atoms with Crippen LogP contribution in [0, 0.1) is 6.92 Å². The van der Waals surface area contributed by atoms with Crippen LogP contribution in [0.15, 0.2) is 23.6 Å². The molecule has 0 N–H and O–H groups in total. The molecule has 0 aromatic carbocycles. The van der Waals surface area contributed by atoms with Gasteiger partial charge in [-0.05, 0) is 36.1 Å². The average Bonchev–Trinajstić information content (AvgIpc) is 2.76. The molecule has 0 aliphatic heterocycles. The number of hydrogen-bond acceptors (Lipinski definition) is 3. The Kier molecular flexibility index (Phi) is 2.79. The first-order valence-corrected chi connectivity index (χ1v) is 6.06. The van der Waals surface area contributed by atoms with Gasteiger partial charge in [0.15, 0.2) is 6.29 Å². The summed E-state index contributed by atoms with van der Waals surface area (Å²) in [6.07, 6.45) is 1.83. The number of rotatable bonds is 3. The predicted octanol–water partition coefficient (Wildman–Crippen LogP) is 3.52. The molecule has 1 nitrogen and oxygen atoms in total. The summed E-state index contributed by atoms with van der Waals surface area (Å²) in [4.78, 5) is 14.2. The summed E-state index contributed by atoms with van der Waals surface area (Å²) in [5, 5.41) is 1.97. The highest BCUT2D eigenvalue weighted by Gasteiger charge is 2.05. The minimum absolute atomic E-state index is 0.857. The fraction of sp³-hybridized carbons (Fsp3) is 0.182. The fourth-order valence-electron chi connectivity index (χ4n) is 1.36. The first-order valence-electron chi connectivity index (χ1n) is 4.36. The Labute approximate surface area is 91.0 Å². The molecule has 0 amide bonds. The fourth-order valence-corrected chi connectivity index (χ4v) is 3.00. The molecule has 2 aromatic heterocycles. The molecule has 72 valence electrons. The molecule has 0 aliphatic rings. The normalized spacial score (nSPS) is 10.4. The van der Waals surface area contributed by atoms with E-state index in [9.17, 15) is 4.79 Å². The lowest BCUT2D eigenvalue weighted by molar-refractivity contribution is 0.112. The largest absolute Gasteiger partial charge is 0.297 e. The Morgan fingerprint density at radius 3 is 2.86 bits per heavy atom. The van der Waals surface area contributed by atoms with Crippen molar-refractivity contribution in [1.82, 2.24) is 0 Å². The lowest BCUT2D eigenvalue weighted by Gasteiger charge is -1.94.